The molecule has 1 nitrogen and oxygen atoms in total. The van der Waals surface area contributed by atoms with Gasteiger partial charge in [-0.2, -0.15) is 0 Å². The second kappa shape index (κ2) is 8.52. The number of quaternary nitrogens is 1. The van der Waals surface area contributed by atoms with Gasteiger partial charge in [-0.15, -0.1) is 0 Å². The van der Waals surface area contributed by atoms with Gasteiger partial charge in [0, 0.05) is 5.33 Å². The third-order valence-electron chi connectivity index (χ3n) is 3.98. The molecule has 0 radical (unpaired) electrons. The summed E-state index contributed by atoms with van der Waals surface area (Å²) in [7, 11) is 2.46. The van der Waals surface area contributed by atoms with Crippen molar-refractivity contribution >= 4 is 15.9 Å². The molecule has 0 aromatic carbocycles. The van der Waals surface area contributed by atoms with Gasteiger partial charge in [-0.05, 0) is 38.5 Å². The molecule has 0 unspecified atom stereocenters. The van der Waals surface area contributed by atoms with Crippen LogP contribution in [0.3, 0.4) is 0 Å². The molecule has 1 aliphatic heterocycles. The molecule has 1 aliphatic rings. The molecule has 96 valence electrons. The fourth-order valence-electron chi connectivity index (χ4n) is 2.79. The van der Waals surface area contributed by atoms with Gasteiger partial charge in [-0.25, -0.2) is 0 Å². The summed E-state index contributed by atoms with van der Waals surface area (Å²) in [6, 6.07) is 0. The lowest BCUT2D eigenvalue weighted by atomic mass is 10.1. The van der Waals surface area contributed by atoms with E-state index < -0.39 is 0 Å². The van der Waals surface area contributed by atoms with Gasteiger partial charge in [0.25, 0.3) is 0 Å². The first-order chi connectivity index (χ1) is 7.77. The van der Waals surface area contributed by atoms with Crippen molar-refractivity contribution in [1.82, 2.24) is 0 Å². The molecule has 2 heteroatoms. The van der Waals surface area contributed by atoms with Gasteiger partial charge in [0.2, 0.25) is 0 Å². The summed E-state index contributed by atoms with van der Waals surface area (Å²) < 4.78 is 1.36. The highest BCUT2D eigenvalue weighted by Gasteiger charge is 2.23. The molecule has 0 spiro atoms. The molecule has 0 aromatic heterocycles. The molecule has 1 rings (SSSR count). The van der Waals surface area contributed by atoms with E-state index in [4.69, 9.17) is 0 Å². The summed E-state index contributed by atoms with van der Waals surface area (Å²) in [4.78, 5) is 0. The minimum Gasteiger partial charge on any atom is -0.326 e. The zero-order chi connectivity index (χ0) is 11.7. The van der Waals surface area contributed by atoms with E-state index in [-0.39, 0.29) is 0 Å². The predicted octanol–water partition coefficient (Wildman–Crippen LogP) is 4.35. The Bertz CT molecular complexity index is 164. The molecule has 0 N–H and O–H groups in total. The van der Waals surface area contributed by atoms with E-state index in [1.54, 1.807) is 0 Å². The highest BCUT2D eigenvalue weighted by molar-refractivity contribution is 9.09. The summed E-state index contributed by atoms with van der Waals surface area (Å²) in [6.45, 7) is 4.30. The molecule has 0 bridgehead atoms. The molecule has 16 heavy (non-hydrogen) atoms. The molecule has 0 amide bonds. The summed E-state index contributed by atoms with van der Waals surface area (Å²) >= 11 is 3.49. The van der Waals surface area contributed by atoms with Crippen molar-refractivity contribution in [3.63, 3.8) is 0 Å². The number of likely N-dealkylation sites (tertiary alicyclic amines) is 1. The Kier molecular flexibility index (Phi) is 7.72. The van der Waals surface area contributed by atoms with Crippen LogP contribution in [0.5, 0.6) is 0 Å². The maximum absolute atomic E-state index is 3.49. The van der Waals surface area contributed by atoms with Gasteiger partial charge in [-0.1, -0.05) is 35.2 Å². The topological polar surface area (TPSA) is 0 Å². The number of piperidine rings is 1. The zero-order valence-electron chi connectivity index (χ0n) is 11.0. The zero-order valence-corrected chi connectivity index (χ0v) is 12.6. The Morgan fingerprint density at radius 3 is 2.00 bits per heavy atom. The second-order valence-corrected chi connectivity index (χ2v) is 6.45. The van der Waals surface area contributed by atoms with E-state index in [1.807, 2.05) is 0 Å². The van der Waals surface area contributed by atoms with Crippen molar-refractivity contribution in [2.24, 2.45) is 0 Å². The van der Waals surface area contributed by atoms with Crippen molar-refractivity contribution in [2.45, 2.75) is 57.8 Å². The number of hydrogen-bond donors (Lipinski definition) is 0. The molecule has 1 heterocycles. The van der Waals surface area contributed by atoms with Crippen molar-refractivity contribution < 1.29 is 4.48 Å². The van der Waals surface area contributed by atoms with Gasteiger partial charge in [0.05, 0.1) is 26.7 Å². The largest absolute Gasteiger partial charge is 0.326 e. The first-order valence-electron chi connectivity index (χ1n) is 7.16. The molecule has 1 saturated heterocycles. The summed E-state index contributed by atoms with van der Waals surface area (Å²) in [5, 5.41) is 1.18. The highest BCUT2D eigenvalue weighted by Crippen LogP contribution is 2.17. The third kappa shape index (κ3) is 6.24. The molecule has 0 aliphatic carbocycles. The average Bonchev–Trinajstić information content (AvgIpc) is 2.29. The van der Waals surface area contributed by atoms with Gasteiger partial charge in [0.1, 0.15) is 0 Å². The Morgan fingerprint density at radius 1 is 0.812 bits per heavy atom. The van der Waals surface area contributed by atoms with Crippen LogP contribution < -0.4 is 0 Å². The molecular formula is C14H29BrN+. The van der Waals surface area contributed by atoms with Crippen LogP contribution in [0.25, 0.3) is 0 Å². The normalized spacial score (nSPS) is 19.9. The average molecular weight is 291 g/mol. The van der Waals surface area contributed by atoms with E-state index in [0.717, 1.165) is 0 Å². The lowest BCUT2D eigenvalue weighted by molar-refractivity contribution is -0.914. The predicted molar refractivity (Wildman–Crippen MR) is 76.1 cm³/mol. The van der Waals surface area contributed by atoms with E-state index in [0.29, 0.717) is 0 Å². The van der Waals surface area contributed by atoms with Crippen molar-refractivity contribution in [3.8, 4) is 0 Å². The number of rotatable bonds is 8. The molecule has 0 atom stereocenters. The fourth-order valence-corrected chi connectivity index (χ4v) is 3.19. The van der Waals surface area contributed by atoms with Crippen molar-refractivity contribution in [1.29, 1.82) is 0 Å². The van der Waals surface area contributed by atoms with Crippen LogP contribution >= 0.6 is 15.9 Å². The Hall–Kier alpha value is 0.440. The van der Waals surface area contributed by atoms with E-state index >= 15 is 0 Å². The van der Waals surface area contributed by atoms with Gasteiger partial charge in [-0.3, -0.25) is 0 Å². The minimum absolute atomic E-state index is 1.18. The van der Waals surface area contributed by atoms with Crippen LogP contribution in [0.2, 0.25) is 0 Å². The van der Waals surface area contributed by atoms with Crippen LogP contribution in [0.15, 0.2) is 0 Å². The maximum Gasteiger partial charge on any atom is 0.0784 e. The molecule has 1 fully saturated rings. The van der Waals surface area contributed by atoms with E-state index in [1.165, 1.54) is 87.2 Å². The van der Waals surface area contributed by atoms with E-state index in [2.05, 4.69) is 23.0 Å². The Morgan fingerprint density at radius 2 is 1.38 bits per heavy atom. The monoisotopic (exact) mass is 290 g/mol. The number of unbranched alkanes of at least 4 members (excludes halogenated alkanes) is 5. The number of hydrogen-bond acceptors (Lipinski definition) is 0. The van der Waals surface area contributed by atoms with Gasteiger partial charge < -0.3 is 4.48 Å². The summed E-state index contributed by atoms with van der Waals surface area (Å²) in [5.41, 5.74) is 0. The summed E-state index contributed by atoms with van der Waals surface area (Å²) in [6.07, 6.45) is 13.0. The van der Waals surface area contributed by atoms with Crippen LogP contribution in [-0.4, -0.2) is 36.5 Å². The summed E-state index contributed by atoms with van der Waals surface area (Å²) in [5.74, 6) is 0. The van der Waals surface area contributed by atoms with Crippen LogP contribution in [-0.2, 0) is 0 Å². The van der Waals surface area contributed by atoms with Crippen LogP contribution in [0.4, 0.5) is 0 Å². The first-order valence-corrected chi connectivity index (χ1v) is 8.28. The van der Waals surface area contributed by atoms with Crippen molar-refractivity contribution in [3.05, 3.63) is 0 Å². The fraction of sp³-hybridized carbons (Fsp3) is 1.00. The van der Waals surface area contributed by atoms with E-state index in [9.17, 15) is 0 Å². The molecular weight excluding hydrogens is 262 g/mol. The maximum atomic E-state index is 3.49. The highest BCUT2D eigenvalue weighted by atomic mass is 79.9. The lowest BCUT2D eigenvalue weighted by Gasteiger charge is -2.37. The molecule has 0 aromatic rings. The van der Waals surface area contributed by atoms with Gasteiger partial charge >= 0.3 is 0 Å². The second-order valence-electron chi connectivity index (χ2n) is 5.66. The third-order valence-corrected chi connectivity index (χ3v) is 4.54. The molecule has 0 saturated carbocycles. The minimum atomic E-state index is 1.18. The Balaban J connectivity index is 1.93. The van der Waals surface area contributed by atoms with Crippen LogP contribution in [0, 0.1) is 0 Å². The first kappa shape index (κ1) is 14.5. The SMILES string of the molecule is C[N+]1(CCCCCCCCBr)CCCCC1. The quantitative estimate of drug-likeness (QED) is 0.354. The number of alkyl halides is 1. The lowest BCUT2D eigenvalue weighted by Crippen LogP contribution is -2.48. The smallest absolute Gasteiger partial charge is 0.0784 e. The standard InChI is InChI=1S/C14H29BrN/c1-16(13-9-6-10-14-16)12-8-5-3-2-4-7-11-15/h2-14H2,1H3/q+1. The Labute approximate surface area is 110 Å². The van der Waals surface area contributed by atoms with Crippen molar-refractivity contribution in [2.75, 3.05) is 32.0 Å². The van der Waals surface area contributed by atoms with Gasteiger partial charge in [0.15, 0.2) is 0 Å². The number of halogens is 1. The van der Waals surface area contributed by atoms with Crippen LogP contribution in [0.1, 0.15) is 57.8 Å². The number of nitrogens with zero attached hydrogens (tertiary/aromatic N) is 1.